The van der Waals surface area contributed by atoms with Gasteiger partial charge in [-0.25, -0.2) is 4.70 Å². The fourth-order valence-corrected chi connectivity index (χ4v) is 7.78. The molecule has 0 saturated heterocycles. The first kappa shape index (κ1) is 43.3. The maximum absolute atomic E-state index is 11.7. The van der Waals surface area contributed by atoms with Gasteiger partial charge < -0.3 is 5.53 Å². The van der Waals surface area contributed by atoms with E-state index in [9.17, 15) is 5.53 Å². The van der Waals surface area contributed by atoms with Gasteiger partial charge in [0.2, 0.25) is 11.4 Å². The summed E-state index contributed by atoms with van der Waals surface area (Å²) in [5, 5.41) is 0. The van der Waals surface area contributed by atoms with Crippen molar-refractivity contribution in [2.45, 2.75) is 194 Å². The van der Waals surface area contributed by atoms with Gasteiger partial charge >= 0.3 is 41.6 Å². The number of aryl methyl sites for hydroxylation is 4. The van der Waals surface area contributed by atoms with Gasteiger partial charge in [0.1, 0.15) is 0 Å². The topological polar surface area (TPSA) is 25.3 Å². The molecule has 0 N–H and O–H groups in total. The quantitative estimate of drug-likeness (QED) is 0.0578. The Balaban J connectivity index is 0.00000155. The Hall–Kier alpha value is -1.82. The van der Waals surface area contributed by atoms with Crippen LogP contribution in [0.3, 0.4) is 0 Å². The summed E-state index contributed by atoms with van der Waals surface area (Å²) in [5.41, 5.74) is 24.7. The molecule has 2 aromatic rings. The molecule has 3 rings (SSSR count). The van der Waals surface area contributed by atoms with Crippen molar-refractivity contribution in [3.8, 4) is 0 Å². The molecule has 0 bridgehead atoms. The molecule has 0 fully saturated rings. The molecule has 49 heavy (non-hydrogen) atoms. The Labute approximate surface area is 312 Å². The average molecular weight is 762 g/mol. The molecule has 0 saturated carbocycles. The van der Waals surface area contributed by atoms with E-state index < -0.39 is 0 Å². The number of benzene rings is 2. The van der Waals surface area contributed by atoms with E-state index >= 15 is 0 Å². The van der Waals surface area contributed by atoms with Crippen LogP contribution in [0.25, 0.3) is 16.9 Å². The molecule has 0 unspecified atom stereocenters. The van der Waals surface area contributed by atoms with E-state index in [1.54, 1.807) is 0 Å². The minimum atomic E-state index is 0.916. The van der Waals surface area contributed by atoms with Crippen LogP contribution in [0.1, 0.15) is 189 Å². The van der Waals surface area contributed by atoms with E-state index in [1.807, 2.05) is 0 Å². The number of nitrogens with zero attached hydrogens (tertiary/aromatic N) is 2. The third-order valence-electron chi connectivity index (χ3n) is 10.2. The first-order valence-electron chi connectivity index (χ1n) is 20.5. The summed E-state index contributed by atoms with van der Waals surface area (Å²) in [5.74, 6) is 0. The molecule has 0 spiro atoms. The van der Waals surface area contributed by atoms with Crippen molar-refractivity contribution >= 4 is 11.4 Å². The molecule has 0 aromatic heterocycles. The van der Waals surface area contributed by atoms with Crippen LogP contribution >= 0.6 is 0 Å². The summed E-state index contributed by atoms with van der Waals surface area (Å²) in [6, 6.07) is 9.48. The minimum absolute atomic E-state index is 0.916. The van der Waals surface area contributed by atoms with Gasteiger partial charge in [-0.3, -0.25) is 0 Å². The van der Waals surface area contributed by atoms with Crippen LogP contribution in [0.15, 0.2) is 36.4 Å². The number of unbranched alkanes of at least 4 members (excludes halogenated alkanes) is 12. The second-order valence-electron chi connectivity index (χ2n) is 14.1. The van der Waals surface area contributed by atoms with Gasteiger partial charge in [-0.2, -0.15) is 0 Å². The van der Waals surface area contributed by atoms with Gasteiger partial charge in [0.15, 0.2) is 0 Å². The van der Waals surface area contributed by atoms with Gasteiger partial charge in [0.05, 0.1) is 0 Å². The number of hydrogen-bond donors (Lipinski definition) is 0. The molecule has 2 nitrogen and oxygen atoms in total. The third-order valence-corrected chi connectivity index (χ3v) is 11.8. The number of hydrogen-bond acceptors (Lipinski definition) is 0. The van der Waals surface area contributed by atoms with Gasteiger partial charge in [0, 0.05) is 23.3 Å². The van der Waals surface area contributed by atoms with Crippen molar-refractivity contribution in [3.05, 3.63) is 86.5 Å². The van der Waals surface area contributed by atoms with Crippen molar-refractivity contribution in [1.82, 2.24) is 0 Å². The molecule has 0 amide bonds. The maximum atomic E-state index is 11.7. The molecule has 278 valence electrons. The van der Waals surface area contributed by atoms with Crippen LogP contribution in [0.5, 0.6) is 0 Å². The number of rotatable bonds is 24. The van der Waals surface area contributed by atoms with Crippen LogP contribution < -0.4 is 0 Å². The first-order valence-corrected chi connectivity index (χ1v) is 22.7. The molecule has 2 aromatic carbocycles. The molecular weight excluding hydrogens is 687 g/mol. The van der Waals surface area contributed by atoms with Crippen LogP contribution in [-0.2, 0) is 43.7 Å². The van der Waals surface area contributed by atoms with E-state index in [0.717, 1.165) is 66.2 Å². The van der Waals surface area contributed by atoms with Crippen molar-refractivity contribution in [2.75, 3.05) is 0 Å². The standard InChI is InChI=1S/C42H64N2.2C2H5.Pd/c1-7-11-15-19-23-35-29-39(30-36(33(35)5)24-20-16-12-8-2)41-27-28-42(44(41)43)40-31-37(25-21-17-13-9-3)34(6)38(32-40)26-22-18-14-10-4;2*1-2;/h27-32H,7-26H2,1-6H3;2*1H2,2H3;. The van der Waals surface area contributed by atoms with Crippen molar-refractivity contribution in [3.63, 3.8) is 0 Å². The van der Waals surface area contributed by atoms with Crippen LogP contribution in [0.2, 0.25) is 9.79 Å². The van der Waals surface area contributed by atoms with Crippen LogP contribution in [-0.4, -0.2) is 4.70 Å². The van der Waals surface area contributed by atoms with Crippen LogP contribution in [0, 0.1) is 13.8 Å². The second kappa shape index (κ2) is 26.0. The summed E-state index contributed by atoms with van der Waals surface area (Å²) in [6.45, 7) is 18.3. The molecule has 0 aliphatic carbocycles. The van der Waals surface area contributed by atoms with Crippen molar-refractivity contribution in [1.29, 1.82) is 0 Å². The van der Waals surface area contributed by atoms with Crippen LogP contribution in [0.4, 0.5) is 0 Å². The summed E-state index contributed by atoms with van der Waals surface area (Å²) in [7, 11) is 0. The van der Waals surface area contributed by atoms with Gasteiger partial charge in [-0.05, 0) is 123 Å². The summed E-state index contributed by atoms with van der Waals surface area (Å²) >= 11 is 1.04. The van der Waals surface area contributed by atoms with E-state index in [2.05, 4.69) is 91.8 Å². The predicted molar refractivity (Wildman–Crippen MR) is 214 cm³/mol. The normalized spacial score (nSPS) is 12.7. The zero-order chi connectivity index (χ0) is 35.9. The Morgan fingerprint density at radius 1 is 0.449 bits per heavy atom. The van der Waals surface area contributed by atoms with E-state index in [1.165, 1.54) is 151 Å². The molecule has 1 aliphatic heterocycles. The fourth-order valence-electron chi connectivity index (χ4n) is 7.01. The van der Waals surface area contributed by atoms with Crippen molar-refractivity contribution in [2.24, 2.45) is 0 Å². The summed E-state index contributed by atoms with van der Waals surface area (Å²) in [4.78, 5) is 2.79. The van der Waals surface area contributed by atoms with Gasteiger partial charge in [-0.15, -0.1) is 0 Å². The van der Waals surface area contributed by atoms with E-state index in [-0.39, 0.29) is 0 Å². The molecule has 0 radical (unpaired) electrons. The molecule has 3 heteroatoms. The second-order valence-corrected chi connectivity index (χ2v) is 17.1. The first-order chi connectivity index (χ1) is 23.9. The third kappa shape index (κ3) is 15.1. The predicted octanol–water partition coefficient (Wildman–Crippen LogP) is 15.2. The summed E-state index contributed by atoms with van der Waals surface area (Å²) < 4.78 is 1.48. The van der Waals surface area contributed by atoms with Gasteiger partial charge in [0.25, 0.3) is 0 Å². The zero-order valence-corrected chi connectivity index (χ0v) is 34.8. The Bertz CT molecular complexity index is 1140. The number of allylic oxidation sites excluding steroid dienone is 2. The molecule has 0 atom stereocenters. The fraction of sp³-hybridized carbons (Fsp3) is 0.652. The molecule has 1 aliphatic rings. The Kier molecular flexibility index (Phi) is 23.0. The molecule has 1 heterocycles. The Morgan fingerprint density at radius 3 is 0.959 bits per heavy atom. The van der Waals surface area contributed by atoms with Crippen molar-refractivity contribution < 1.29 is 22.7 Å². The molecular formula is C46H74N2Pd. The van der Waals surface area contributed by atoms with E-state index in [4.69, 9.17) is 0 Å². The average Bonchev–Trinajstić information content (AvgIpc) is 3.49. The SMILES string of the molecule is CCCCCCc1cc(C2=CC=C(c3cc(CCCCCC)c(C)c(CCCCCC)c3)[N+]2=[N-])cc(CCCCCC)c1C.C[CH2][Pd][CH2]C. The van der Waals surface area contributed by atoms with E-state index in [0.29, 0.717) is 0 Å². The zero-order valence-electron chi connectivity index (χ0n) is 33.2. The summed E-state index contributed by atoms with van der Waals surface area (Å²) in [6.07, 6.45) is 29.2. The van der Waals surface area contributed by atoms with Gasteiger partial charge in [-0.1, -0.05) is 105 Å². The Morgan fingerprint density at radius 2 is 0.735 bits per heavy atom. The monoisotopic (exact) mass is 760 g/mol.